The Morgan fingerprint density at radius 1 is 1.00 bits per heavy atom. The number of para-hydroxylation sites is 1. The van der Waals surface area contributed by atoms with Crippen LogP contribution in [-0.2, 0) is 9.59 Å². The average molecular weight is 480 g/mol. The molecule has 3 rings (SSSR count). The Labute approximate surface area is 200 Å². The SMILES string of the molecule is CCC(=O)Nc1ccccc1-c1nnc(S[C@H](CC)C(=O)Nc2ccc(C(C)=O)cc2)[nH]c1=O. The summed E-state index contributed by atoms with van der Waals surface area (Å²) in [4.78, 5) is 51.4. The third-order valence-corrected chi connectivity index (χ3v) is 6.17. The molecular formula is C24H25N5O4S. The van der Waals surface area contributed by atoms with Gasteiger partial charge in [-0.1, -0.05) is 43.8 Å². The lowest BCUT2D eigenvalue weighted by molar-refractivity contribution is -0.116. The average Bonchev–Trinajstić information content (AvgIpc) is 2.83. The van der Waals surface area contributed by atoms with Gasteiger partial charge in [-0.15, -0.1) is 10.2 Å². The number of H-pyrrole nitrogens is 1. The van der Waals surface area contributed by atoms with Crippen molar-refractivity contribution in [3.8, 4) is 11.3 Å². The fourth-order valence-corrected chi connectivity index (χ4v) is 3.90. The number of hydrogen-bond donors (Lipinski definition) is 3. The molecule has 0 spiro atoms. The van der Waals surface area contributed by atoms with Gasteiger partial charge in [0.2, 0.25) is 11.8 Å². The first-order valence-electron chi connectivity index (χ1n) is 10.8. The molecule has 2 amide bonds. The molecule has 0 radical (unpaired) electrons. The van der Waals surface area contributed by atoms with Crippen molar-refractivity contribution in [2.75, 3.05) is 10.6 Å². The van der Waals surface area contributed by atoms with Gasteiger partial charge in [-0.25, -0.2) is 0 Å². The quantitative estimate of drug-likeness (QED) is 0.313. The van der Waals surface area contributed by atoms with Crippen molar-refractivity contribution in [2.24, 2.45) is 0 Å². The number of rotatable bonds is 9. The number of carbonyl (C=O) groups is 3. The molecule has 34 heavy (non-hydrogen) atoms. The number of nitrogens with one attached hydrogen (secondary N) is 3. The molecule has 1 aromatic heterocycles. The molecule has 176 valence electrons. The van der Waals surface area contributed by atoms with E-state index in [1.165, 1.54) is 6.92 Å². The Balaban J connectivity index is 1.75. The normalized spacial score (nSPS) is 11.5. The maximum Gasteiger partial charge on any atom is 0.278 e. The van der Waals surface area contributed by atoms with Gasteiger partial charge in [0.1, 0.15) is 0 Å². The van der Waals surface area contributed by atoms with Crippen LogP contribution in [0.2, 0.25) is 0 Å². The summed E-state index contributed by atoms with van der Waals surface area (Å²) in [5.74, 6) is -0.500. The van der Waals surface area contributed by atoms with Crippen molar-refractivity contribution in [2.45, 2.75) is 44.0 Å². The van der Waals surface area contributed by atoms with E-state index in [1.807, 2.05) is 6.92 Å². The second kappa shape index (κ2) is 11.4. The number of amides is 2. The number of carbonyl (C=O) groups excluding carboxylic acids is 3. The number of hydrogen-bond acceptors (Lipinski definition) is 7. The largest absolute Gasteiger partial charge is 0.325 e. The minimum absolute atomic E-state index is 0.0544. The highest BCUT2D eigenvalue weighted by atomic mass is 32.2. The minimum atomic E-state index is -0.528. The Morgan fingerprint density at radius 2 is 1.71 bits per heavy atom. The second-order valence-corrected chi connectivity index (χ2v) is 8.58. The summed E-state index contributed by atoms with van der Waals surface area (Å²) >= 11 is 1.10. The molecule has 0 aliphatic heterocycles. The van der Waals surface area contributed by atoms with E-state index >= 15 is 0 Å². The van der Waals surface area contributed by atoms with E-state index in [-0.39, 0.29) is 28.4 Å². The molecule has 0 unspecified atom stereocenters. The molecule has 1 atom stereocenters. The van der Waals surface area contributed by atoms with Crippen LogP contribution >= 0.6 is 11.8 Å². The zero-order valence-electron chi connectivity index (χ0n) is 19.0. The van der Waals surface area contributed by atoms with Gasteiger partial charge in [0.25, 0.3) is 5.56 Å². The van der Waals surface area contributed by atoms with Crippen LogP contribution in [0.5, 0.6) is 0 Å². The van der Waals surface area contributed by atoms with E-state index in [1.54, 1.807) is 55.5 Å². The Bertz CT molecular complexity index is 1260. The van der Waals surface area contributed by atoms with Crippen LogP contribution in [0.25, 0.3) is 11.3 Å². The maximum atomic E-state index is 12.8. The molecule has 10 heteroatoms. The summed E-state index contributed by atoms with van der Waals surface area (Å²) in [6, 6.07) is 13.5. The van der Waals surface area contributed by atoms with E-state index < -0.39 is 10.8 Å². The monoisotopic (exact) mass is 479 g/mol. The van der Waals surface area contributed by atoms with E-state index in [9.17, 15) is 19.2 Å². The first kappa shape index (κ1) is 24.8. The molecule has 3 N–H and O–H groups in total. The highest BCUT2D eigenvalue weighted by molar-refractivity contribution is 8.00. The van der Waals surface area contributed by atoms with E-state index in [0.717, 1.165) is 11.8 Å². The van der Waals surface area contributed by atoms with Crippen LogP contribution in [0.4, 0.5) is 11.4 Å². The number of Topliss-reactive ketones (excluding diaryl/α,β-unsaturated/α-hetero) is 1. The van der Waals surface area contributed by atoms with Crippen LogP contribution < -0.4 is 16.2 Å². The number of benzene rings is 2. The molecular weight excluding hydrogens is 454 g/mol. The number of ketones is 1. The van der Waals surface area contributed by atoms with E-state index in [4.69, 9.17) is 0 Å². The second-order valence-electron chi connectivity index (χ2n) is 7.39. The zero-order chi connectivity index (χ0) is 24.7. The number of aromatic nitrogens is 3. The summed E-state index contributed by atoms with van der Waals surface area (Å²) in [6.45, 7) is 5.06. The standard InChI is InChI=1S/C24H25N5O4S/c1-4-19(22(32)25-16-12-10-15(11-13-16)14(3)30)34-24-27-23(33)21(28-29-24)17-8-6-7-9-18(17)26-20(31)5-2/h6-13,19H,4-5H2,1-3H3,(H,25,32)(H,26,31)(H,27,29,33)/t19-/m1/s1. The van der Waals surface area contributed by atoms with Gasteiger partial charge < -0.3 is 10.6 Å². The molecule has 0 fully saturated rings. The predicted molar refractivity (Wildman–Crippen MR) is 132 cm³/mol. The number of aromatic amines is 1. The fourth-order valence-electron chi connectivity index (χ4n) is 3.06. The van der Waals surface area contributed by atoms with Gasteiger partial charge in [-0.2, -0.15) is 0 Å². The van der Waals surface area contributed by atoms with Crippen LogP contribution in [0.1, 0.15) is 44.0 Å². The van der Waals surface area contributed by atoms with Crippen molar-refractivity contribution >= 4 is 40.7 Å². The third kappa shape index (κ3) is 6.16. The molecule has 9 nitrogen and oxygen atoms in total. The molecule has 0 aliphatic carbocycles. The molecule has 0 bridgehead atoms. The lowest BCUT2D eigenvalue weighted by Crippen LogP contribution is -2.25. The van der Waals surface area contributed by atoms with Crippen LogP contribution in [0.3, 0.4) is 0 Å². The highest BCUT2D eigenvalue weighted by Gasteiger charge is 2.21. The predicted octanol–water partition coefficient (Wildman–Crippen LogP) is 3.89. The molecule has 1 heterocycles. The lowest BCUT2D eigenvalue weighted by atomic mass is 10.1. The van der Waals surface area contributed by atoms with Gasteiger partial charge in [0.15, 0.2) is 16.6 Å². The van der Waals surface area contributed by atoms with E-state index in [2.05, 4.69) is 25.8 Å². The van der Waals surface area contributed by atoms with Gasteiger partial charge in [-0.3, -0.25) is 24.2 Å². The van der Waals surface area contributed by atoms with Gasteiger partial charge >= 0.3 is 0 Å². The Morgan fingerprint density at radius 3 is 2.32 bits per heavy atom. The third-order valence-electron chi connectivity index (χ3n) is 4.93. The highest BCUT2D eigenvalue weighted by Crippen LogP contribution is 2.26. The van der Waals surface area contributed by atoms with Crippen LogP contribution in [0.15, 0.2) is 58.5 Å². The lowest BCUT2D eigenvalue weighted by Gasteiger charge is -2.14. The smallest absolute Gasteiger partial charge is 0.278 e. The Hall–Kier alpha value is -3.79. The zero-order valence-corrected chi connectivity index (χ0v) is 19.9. The number of anilines is 2. The maximum absolute atomic E-state index is 12.8. The molecule has 0 saturated heterocycles. The van der Waals surface area contributed by atoms with Crippen molar-refractivity contribution < 1.29 is 14.4 Å². The van der Waals surface area contributed by atoms with Crippen molar-refractivity contribution in [3.05, 3.63) is 64.4 Å². The molecule has 0 aliphatic rings. The first-order valence-corrected chi connectivity index (χ1v) is 11.6. The summed E-state index contributed by atoms with van der Waals surface area (Å²) in [7, 11) is 0. The number of nitrogens with zero attached hydrogens (tertiary/aromatic N) is 2. The van der Waals surface area contributed by atoms with E-state index in [0.29, 0.717) is 35.3 Å². The van der Waals surface area contributed by atoms with Crippen molar-refractivity contribution in [1.82, 2.24) is 15.2 Å². The van der Waals surface area contributed by atoms with Crippen molar-refractivity contribution in [1.29, 1.82) is 0 Å². The first-order chi connectivity index (χ1) is 16.3. The van der Waals surface area contributed by atoms with Crippen molar-refractivity contribution in [3.63, 3.8) is 0 Å². The summed E-state index contributed by atoms with van der Waals surface area (Å²) in [6.07, 6.45) is 0.784. The minimum Gasteiger partial charge on any atom is -0.325 e. The number of thioether (sulfide) groups is 1. The molecule has 2 aromatic carbocycles. The van der Waals surface area contributed by atoms with Crippen LogP contribution in [0, 0.1) is 0 Å². The summed E-state index contributed by atoms with van der Waals surface area (Å²) in [5.41, 5.74) is 1.63. The Kier molecular flexibility index (Phi) is 8.31. The summed E-state index contributed by atoms with van der Waals surface area (Å²) in [5, 5.41) is 13.4. The summed E-state index contributed by atoms with van der Waals surface area (Å²) < 4.78 is 0. The van der Waals surface area contributed by atoms with Gasteiger partial charge in [0.05, 0.1) is 10.9 Å². The molecule has 3 aromatic rings. The van der Waals surface area contributed by atoms with Crippen LogP contribution in [-0.4, -0.2) is 38.0 Å². The fraction of sp³-hybridized carbons (Fsp3) is 0.250. The molecule has 0 saturated carbocycles. The van der Waals surface area contributed by atoms with Gasteiger partial charge in [-0.05, 0) is 43.7 Å². The van der Waals surface area contributed by atoms with Gasteiger partial charge in [0, 0.05) is 23.2 Å². The topological polar surface area (TPSA) is 134 Å².